The zero-order chi connectivity index (χ0) is 14.4. The minimum absolute atomic E-state index is 1.06. The van der Waals surface area contributed by atoms with Crippen molar-refractivity contribution in [2.45, 2.75) is 19.9 Å². The summed E-state index contributed by atoms with van der Waals surface area (Å²) in [6.07, 6.45) is 1.12. The molecule has 112 valence electrons. The fourth-order valence-electron chi connectivity index (χ4n) is 2.72. The average molecular weight is 275 g/mol. The first-order valence-electron chi connectivity index (χ1n) is 7.84. The summed E-state index contributed by atoms with van der Waals surface area (Å²) >= 11 is 0. The molecule has 2 rings (SSSR count). The highest BCUT2D eigenvalue weighted by Crippen LogP contribution is 2.08. The molecular weight excluding hydrogens is 246 g/mol. The van der Waals surface area contributed by atoms with Crippen LogP contribution in [-0.4, -0.2) is 68.1 Å². The molecule has 0 aliphatic carbocycles. The maximum atomic E-state index is 2.58. The Labute approximate surface area is 124 Å². The molecule has 3 nitrogen and oxygen atoms in total. The Morgan fingerprint density at radius 3 is 2.50 bits per heavy atom. The molecular formula is C17H29N3. The number of hydrogen-bond acceptors (Lipinski definition) is 3. The lowest BCUT2D eigenvalue weighted by atomic mass is 10.1. The molecule has 1 aliphatic rings. The molecule has 1 heterocycles. The van der Waals surface area contributed by atoms with Gasteiger partial charge in [-0.1, -0.05) is 31.2 Å². The highest BCUT2D eigenvalue weighted by Gasteiger charge is 2.13. The quantitative estimate of drug-likeness (QED) is 0.785. The van der Waals surface area contributed by atoms with E-state index in [9.17, 15) is 0 Å². The van der Waals surface area contributed by atoms with Crippen LogP contribution in [0.15, 0.2) is 24.3 Å². The van der Waals surface area contributed by atoms with Crippen LogP contribution in [0.3, 0.4) is 0 Å². The van der Waals surface area contributed by atoms with Crippen LogP contribution in [0, 0.1) is 0 Å². The molecule has 0 unspecified atom stereocenters. The second kappa shape index (κ2) is 7.77. The summed E-state index contributed by atoms with van der Waals surface area (Å²) < 4.78 is 0. The third-order valence-corrected chi connectivity index (χ3v) is 4.25. The van der Waals surface area contributed by atoms with Gasteiger partial charge in [-0.05, 0) is 31.6 Å². The Hall–Kier alpha value is -0.900. The maximum absolute atomic E-state index is 2.58. The van der Waals surface area contributed by atoms with Crippen molar-refractivity contribution in [3.63, 3.8) is 0 Å². The zero-order valence-corrected chi connectivity index (χ0v) is 13.3. The summed E-state index contributed by atoms with van der Waals surface area (Å²) in [5.74, 6) is 0. The fourth-order valence-corrected chi connectivity index (χ4v) is 2.72. The smallest absolute Gasteiger partial charge is 0.0231 e. The third kappa shape index (κ3) is 4.89. The Morgan fingerprint density at radius 2 is 1.80 bits per heavy atom. The lowest BCUT2D eigenvalue weighted by Crippen LogP contribution is -2.46. The molecule has 3 heteroatoms. The molecule has 0 saturated carbocycles. The van der Waals surface area contributed by atoms with Crippen LogP contribution in [0.2, 0.25) is 0 Å². The van der Waals surface area contributed by atoms with Gasteiger partial charge in [0.1, 0.15) is 0 Å². The van der Waals surface area contributed by atoms with E-state index in [4.69, 9.17) is 0 Å². The van der Waals surface area contributed by atoms with Gasteiger partial charge in [0.05, 0.1) is 0 Å². The highest BCUT2D eigenvalue weighted by molar-refractivity contribution is 5.23. The summed E-state index contributed by atoms with van der Waals surface area (Å²) in [6.45, 7) is 10.5. The number of likely N-dealkylation sites (N-methyl/N-ethyl adjacent to an activating group) is 2. The minimum atomic E-state index is 1.06. The molecule has 1 fully saturated rings. The van der Waals surface area contributed by atoms with Crippen LogP contribution < -0.4 is 0 Å². The van der Waals surface area contributed by atoms with Gasteiger partial charge in [-0.2, -0.15) is 0 Å². The third-order valence-electron chi connectivity index (χ3n) is 4.25. The fraction of sp³-hybridized carbons (Fsp3) is 0.647. The van der Waals surface area contributed by atoms with Gasteiger partial charge in [0.2, 0.25) is 0 Å². The van der Waals surface area contributed by atoms with Gasteiger partial charge in [0, 0.05) is 45.8 Å². The lowest BCUT2D eigenvalue weighted by Gasteiger charge is -2.33. The van der Waals surface area contributed by atoms with Crippen molar-refractivity contribution in [1.29, 1.82) is 0 Å². The predicted octanol–water partition coefficient (Wildman–Crippen LogP) is 1.93. The average Bonchev–Trinajstić information content (AvgIpc) is 2.47. The molecule has 0 aromatic heterocycles. The first-order valence-corrected chi connectivity index (χ1v) is 7.84. The number of benzene rings is 1. The maximum Gasteiger partial charge on any atom is 0.0231 e. The van der Waals surface area contributed by atoms with Gasteiger partial charge in [-0.25, -0.2) is 0 Å². The first-order chi connectivity index (χ1) is 9.67. The summed E-state index contributed by atoms with van der Waals surface area (Å²) in [5.41, 5.74) is 2.88. The molecule has 1 aromatic carbocycles. The molecule has 0 atom stereocenters. The van der Waals surface area contributed by atoms with Crippen molar-refractivity contribution in [2.75, 3.05) is 53.4 Å². The summed E-state index contributed by atoms with van der Waals surface area (Å²) in [7, 11) is 4.44. The van der Waals surface area contributed by atoms with Crippen LogP contribution in [-0.2, 0) is 13.0 Å². The first kappa shape index (κ1) is 15.5. The van der Waals surface area contributed by atoms with Crippen LogP contribution in [0.1, 0.15) is 18.1 Å². The largest absolute Gasteiger partial charge is 0.304 e. The second-order valence-electron chi connectivity index (χ2n) is 6.06. The van der Waals surface area contributed by atoms with Crippen molar-refractivity contribution in [2.24, 2.45) is 0 Å². The van der Waals surface area contributed by atoms with Crippen molar-refractivity contribution < 1.29 is 0 Å². The summed E-state index contributed by atoms with van der Waals surface area (Å²) in [6, 6.07) is 8.98. The van der Waals surface area contributed by atoms with Crippen LogP contribution in [0.25, 0.3) is 0 Å². The van der Waals surface area contributed by atoms with E-state index in [-0.39, 0.29) is 0 Å². The number of hydrogen-bond donors (Lipinski definition) is 0. The van der Waals surface area contributed by atoms with Gasteiger partial charge < -0.3 is 9.80 Å². The number of aryl methyl sites for hydroxylation is 1. The Kier molecular flexibility index (Phi) is 6.02. The lowest BCUT2D eigenvalue weighted by molar-refractivity contribution is 0.139. The van der Waals surface area contributed by atoms with Crippen molar-refractivity contribution in [3.05, 3.63) is 35.4 Å². The van der Waals surface area contributed by atoms with Gasteiger partial charge in [0.25, 0.3) is 0 Å². The highest BCUT2D eigenvalue weighted by atomic mass is 15.3. The number of piperazine rings is 1. The van der Waals surface area contributed by atoms with Gasteiger partial charge in [0.15, 0.2) is 0 Å². The van der Waals surface area contributed by atoms with Crippen molar-refractivity contribution in [1.82, 2.24) is 14.7 Å². The van der Waals surface area contributed by atoms with Crippen LogP contribution >= 0.6 is 0 Å². The minimum Gasteiger partial charge on any atom is -0.304 e. The molecule has 20 heavy (non-hydrogen) atoms. The normalized spacial score (nSPS) is 17.8. The molecule has 0 amide bonds. The predicted molar refractivity (Wildman–Crippen MR) is 86.1 cm³/mol. The van der Waals surface area contributed by atoms with Crippen LogP contribution in [0.5, 0.6) is 0 Å². The molecule has 0 N–H and O–H groups in total. The summed E-state index contributed by atoms with van der Waals surface area (Å²) in [4.78, 5) is 7.43. The monoisotopic (exact) mass is 275 g/mol. The van der Waals surface area contributed by atoms with Crippen molar-refractivity contribution in [3.8, 4) is 0 Å². The standard InChI is InChI=1S/C17H29N3/c1-4-16-6-5-7-17(14-16)15-19(3)10-13-20-11-8-18(2)9-12-20/h5-7,14H,4,8-13,15H2,1-3H3. The van der Waals surface area contributed by atoms with E-state index in [1.165, 1.54) is 43.9 Å². The Morgan fingerprint density at radius 1 is 1.10 bits per heavy atom. The van der Waals surface area contributed by atoms with E-state index in [0.29, 0.717) is 0 Å². The molecule has 0 bridgehead atoms. The SMILES string of the molecule is CCc1cccc(CN(C)CCN2CCN(C)CC2)c1. The summed E-state index contributed by atoms with van der Waals surface area (Å²) in [5, 5.41) is 0. The van der Waals surface area contributed by atoms with Gasteiger partial charge >= 0.3 is 0 Å². The van der Waals surface area contributed by atoms with E-state index >= 15 is 0 Å². The molecule has 0 radical (unpaired) electrons. The molecule has 1 aromatic rings. The van der Waals surface area contributed by atoms with E-state index in [1.807, 2.05) is 0 Å². The van der Waals surface area contributed by atoms with E-state index in [1.54, 1.807) is 0 Å². The van der Waals surface area contributed by atoms with Gasteiger partial charge in [-0.3, -0.25) is 4.90 Å². The van der Waals surface area contributed by atoms with E-state index in [2.05, 4.69) is 60.0 Å². The van der Waals surface area contributed by atoms with Crippen molar-refractivity contribution >= 4 is 0 Å². The van der Waals surface area contributed by atoms with Gasteiger partial charge in [-0.15, -0.1) is 0 Å². The van der Waals surface area contributed by atoms with E-state index in [0.717, 1.165) is 19.5 Å². The number of nitrogens with zero attached hydrogens (tertiary/aromatic N) is 3. The Bertz CT molecular complexity index is 397. The zero-order valence-electron chi connectivity index (χ0n) is 13.3. The molecule has 1 aliphatic heterocycles. The second-order valence-corrected chi connectivity index (χ2v) is 6.06. The van der Waals surface area contributed by atoms with Crippen LogP contribution in [0.4, 0.5) is 0 Å². The number of rotatable bonds is 6. The topological polar surface area (TPSA) is 9.72 Å². The molecule has 0 spiro atoms. The molecule has 1 saturated heterocycles. The Balaban J connectivity index is 1.73. The van der Waals surface area contributed by atoms with E-state index < -0.39 is 0 Å².